The second-order valence-electron chi connectivity index (χ2n) is 4.51. The minimum Gasteiger partial charge on any atom is -0.277 e. The minimum absolute atomic E-state index is 0.291. The highest BCUT2D eigenvalue weighted by Crippen LogP contribution is 2.41. The first kappa shape index (κ1) is 11.1. The zero-order valence-corrected chi connectivity index (χ0v) is 9.41. The predicted molar refractivity (Wildman–Crippen MR) is 56.4 cm³/mol. The molecule has 2 aliphatic rings. The summed E-state index contributed by atoms with van der Waals surface area (Å²) in [6.45, 7) is 2.29. The smallest absolute Gasteiger partial charge is 0.277 e. The number of urea groups is 1. The number of imide groups is 2. The Kier molecular flexibility index (Phi) is 2.69. The number of carbonyl (C=O) groups excluding carboxylic acids is 3. The van der Waals surface area contributed by atoms with Crippen molar-refractivity contribution in [2.45, 2.75) is 39.0 Å². The van der Waals surface area contributed by atoms with E-state index >= 15 is 0 Å². The van der Waals surface area contributed by atoms with E-state index in [0.717, 1.165) is 12.8 Å². The van der Waals surface area contributed by atoms with Crippen LogP contribution in [0.25, 0.3) is 0 Å². The van der Waals surface area contributed by atoms with Gasteiger partial charge in [0.25, 0.3) is 0 Å². The largest absolute Gasteiger partial charge is 0.330 e. The van der Waals surface area contributed by atoms with Crippen LogP contribution in [0.15, 0.2) is 0 Å². The maximum atomic E-state index is 12.2. The standard InChI is InChI=1S/C11H16N2O3/c1-2-7-13-9(15)11(5-3-4-6-11)8(14)12-10(13)16/h2-7H2,1H3,(H,12,14,16). The fraction of sp³-hybridized carbons (Fsp3) is 0.727. The van der Waals surface area contributed by atoms with Gasteiger partial charge in [0.2, 0.25) is 11.8 Å². The lowest BCUT2D eigenvalue weighted by Crippen LogP contribution is -2.63. The van der Waals surface area contributed by atoms with E-state index in [2.05, 4.69) is 5.32 Å². The van der Waals surface area contributed by atoms with Gasteiger partial charge in [0.1, 0.15) is 5.41 Å². The summed E-state index contributed by atoms with van der Waals surface area (Å²) in [4.78, 5) is 36.7. The van der Waals surface area contributed by atoms with E-state index in [1.165, 1.54) is 4.90 Å². The molecule has 16 heavy (non-hydrogen) atoms. The molecule has 1 saturated heterocycles. The van der Waals surface area contributed by atoms with Gasteiger partial charge in [-0.05, 0) is 19.3 Å². The monoisotopic (exact) mass is 224 g/mol. The molecule has 5 nitrogen and oxygen atoms in total. The Morgan fingerprint density at radius 1 is 1.25 bits per heavy atom. The van der Waals surface area contributed by atoms with Gasteiger partial charge in [-0.3, -0.25) is 19.8 Å². The zero-order chi connectivity index (χ0) is 11.8. The molecule has 0 radical (unpaired) electrons. The molecule has 0 aromatic rings. The summed E-state index contributed by atoms with van der Waals surface area (Å²) in [7, 11) is 0. The Balaban J connectivity index is 2.29. The highest BCUT2D eigenvalue weighted by atomic mass is 16.2. The van der Waals surface area contributed by atoms with E-state index in [9.17, 15) is 14.4 Å². The Labute approximate surface area is 94.2 Å². The normalized spacial score (nSPS) is 24.1. The van der Waals surface area contributed by atoms with Crippen LogP contribution < -0.4 is 5.32 Å². The van der Waals surface area contributed by atoms with Crippen LogP contribution in [0.1, 0.15) is 39.0 Å². The summed E-state index contributed by atoms with van der Waals surface area (Å²) in [6.07, 6.45) is 3.63. The number of nitrogens with one attached hydrogen (secondary N) is 1. The van der Waals surface area contributed by atoms with Crippen LogP contribution in [0.4, 0.5) is 4.79 Å². The predicted octanol–water partition coefficient (Wildman–Crippen LogP) is 1.04. The first-order valence-corrected chi connectivity index (χ1v) is 5.79. The molecule has 1 heterocycles. The summed E-state index contributed by atoms with van der Waals surface area (Å²) in [5.41, 5.74) is -0.941. The fourth-order valence-electron chi connectivity index (χ4n) is 2.58. The summed E-state index contributed by atoms with van der Waals surface area (Å²) >= 11 is 0. The molecule has 1 saturated carbocycles. The molecule has 0 unspecified atom stereocenters. The first-order chi connectivity index (χ1) is 7.62. The van der Waals surface area contributed by atoms with Crippen molar-refractivity contribution in [2.75, 3.05) is 6.54 Å². The lowest BCUT2D eigenvalue weighted by molar-refractivity contribution is -0.151. The van der Waals surface area contributed by atoms with Gasteiger partial charge in [0.05, 0.1) is 0 Å². The number of nitrogens with zero attached hydrogens (tertiary/aromatic N) is 1. The van der Waals surface area contributed by atoms with Gasteiger partial charge in [0.15, 0.2) is 0 Å². The number of barbiturate groups is 1. The van der Waals surface area contributed by atoms with Crippen molar-refractivity contribution in [3.63, 3.8) is 0 Å². The Bertz CT molecular complexity index is 345. The van der Waals surface area contributed by atoms with Crippen molar-refractivity contribution < 1.29 is 14.4 Å². The lowest BCUT2D eigenvalue weighted by atomic mass is 9.82. The maximum Gasteiger partial charge on any atom is 0.330 e. The third kappa shape index (κ3) is 1.42. The highest BCUT2D eigenvalue weighted by Gasteiger charge is 2.54. The molecule has 0 bridgehead atoms. The molecule has 88 valence electrons. The second kappa shape index (κ2) is 3.88. The van der Waals surface area contributed by atoms with E-state index in [1.807, 2.05) is 6.92 Å². The quantitative estimate of drug-likeness (QED) is 0.712. The molecule has 1 N–H and O–H groups in total. The van der Waals surface area contributed by atoms with Crippen LogP contribution in [-0.4, -0.2) is 29.3 Å². The molecule has 1 spiro atoms. The molecule has 1 aliphatic heterocycles. The topological polar surface area (TPSA) is 66.5 Å². The third-order valence-electron chi connectivity index (χ3n) is 3.46. The minimum atomic E-state index is -0.941. The lowest BCUT2D eigenvalue weighted by Gasteiger charge is -2.36. The van der Waals surface area contributed by atoms with E-state index < -0.39 is 17.4 Å². The molecule has 1 aliphatic carbocycles. The summed E-state index contributed by atoms with van der Waals surface area (Å²) < 4.78 is 0. The number of hydrogen-bond acceptors (Lipinski definition) is 3. The van der Waals surface area contributed by atoms with Crippen molar-refractivity contribution in [2.24, 2.45) is 5.41 Å². The summed E-state index contributed by atoms with van der Waals surface area (Å²) in [6, 6.07) is -0.561. The average molecular weight is 224 g/mol. The first-order valence-electron chi connectivity index (χ1n) is 5.79. The van der Waals surface area contributed by atoms with Crippen LogP contribution >= 0.6 is 0 Å². The molecular weight excluding hydrogens is 208 g/mol. The van der Waals surface area contributed by atoms with Crippen LogP contribution in [0.2, 0.25) is 0 Å². The average Bonchev–Trinajstić information content (AvgIpc) is 2.73. The van der Waals surface area contributed by atoms with Crippen LogP contribution in [0.3, 0.4) is 0 Å². The van der Waals surface area contributed by atoms with Crippen molar-refractivity contribution in [3.05, 3.63) is 0 Å². The van der Waals surface area contributed by atoms with Crippen molar-refractivity contribution in [3.8, 4) is 0 Å². The van der Waals surface area contributed by atoms with Gasteiger partial charge in [0, 0.05) is 6.54 Å². The molecule has 0 atom stereocenters. The van der Waals surface area contributed by atoms with Gasteiger partial charge < -0.3 is 0 Å². The molecule has 5 heteroatoms. The van der Waals surface area contributed by atoms with Crippen LogP contribution in [0, 0.1) is 5.41 Å². The molecular formula is C11H16N2O3. The maximum absolute atomic E-state index is 12.2. The molecule has 0 aromatic heterocycles. The zero-order valence-electron chi connectivity index (χ0n) is 9.41. The number of rotatable bonds is 2. The van der Waals surface area contributed by atoms with Crippen LogP contribution in [0.5, 0.6) is 0 Å². The highest BCUT2D eigenvalue weighted by molar-refractivity contribution is 6.19. The van der Waals surface area contributed by atoms with E-state index in [-0.39, 0.29) is 5.91 Å². The fourth-order valence-corrected chi connectivity index (χ4v) is 2.58. The molecule has 2 fully saturated rings. The number of amides is 4. The Morgan fingerprint density at radius 3 is 2.44 bits per heavy atom. The van der Waals surface area contributed by atoms with Gasteiger partial charge in [-0.15, -0.1) is 0 Å². The molecule has 2 rings (SSSR count). The van der Waals surface area contributed by atoms with Crippen molar-refractivity contribution in [1.82, 2.24) is 10.2 Å². The number of hydrogen-bond donors (Lipinski definition) is 1. The van der Waals surface area contributed by atoms with Crippen molar-refractivity contribution >= 4 is 17.8 Å². The third-order valence-corrected chi connectivity index (χ3v) is 3.46. The van der Waals surface area contributed by atoms with Gasteiger partial charge in [-0.25, -0.2) is 4.79 Å². The van der Waals surface area contributed by atoms with Gasteiger partial charge >= 0.3 is 6.03 Å². The summed E-state index contributed by atoms with van der Waals surface area (Å²) in [5, 5.41) is 2.30. The Morgan fingerprint density at radius 2 is 1.88 bits per heavy atom. The SMILES string of the molecule is CCCN1C(=O)NC(=O)C2(CCCC2)C1=O. The Hall–Kier alpha value is -1.39. The molecule has 0 aromatic carbocycles. The van der Waals surface area contributed by atoms with Gasteiger partial charge in [-0.2, -0.15) is 0 Å². The van der Waals surface area contributed by atoms with Gasteiger partial charge in [-0.1, -0.05) is 19.8 Å². The number of carbonyl (C=O) groups is 3. The van der Waals surface area contributed by atoms with E-state index in [0.29, 0.717) is 25.8 Å². The van der Waals surface area contributed by atoms with E-state index in [1.54, 1.807) is 0 Å². The van der Waals surface area contributed by atoms with Crippen LogP contribution in [-0.2, 0) is 9.59 Å². The van der Waals surface area contributed by atoms with E-state index in [4.69, 9.17) is 0 Å². The van der Waals surface area contributed by atoms with Crippen molar-refractivity contribution in [1.29, 1.82) is 0 Å². The summed E-state index contributed by atoms with van der Waals surface area (Å²) in [5.74, 6) is -0.687. The second-order valence-corrected chi connectivity index (χ2v) is 4.51. The molecule has 4 amide bonds.